The largest absolute Gasteiger partial charge is 1.00 e. The molecule has 3 nitrogen and oxygen atoms in total. The summed E-state index contributed by atoms with van der Waals surface area (Å²) in [7, 11) is 2.20. The van der Waals surface area contributed by atoms with Gasteiger partial charge in [-0.2, -0.15) is 0 Å². The molecule has 1 saturated heterocycles. The molecule has 0 N–H and O–H groups in total. The van der Waals surface area contributed by atoms with Crippen LogP contribution in [0.25, 0.3) is 0 Å². The molecule has 4 heteroatoms. The van der Waals surface area contributed by atoms with E-state index in [4.69, 9.17) is 4.74 Å². The summed E-state index contributed by atoms with van der Waals surface area (Å²) in [6.45, 7) is 3.48. The number of hydrogen-bond acceptors (Lipinski definition) is 2. The SMILES string of the molecule is C[N+]1(CC(=O)OCCCC2CCCCC2)CCCCC1.[I-]. The molecule has 0 aromatic heterocycles. The number of nitrogens with zero attached hydrogens (tertiary/aromatic N) is 1. The van der Waals surface area contributed by atoms with E-state index in [0.29, 0.717) is 13.2 Å². The van der Waals surface area contributed by atoms with Gasteiger partial charge < -0.3 is 33.2 Å². The van der Waals surface area contributed by atoms with E-state index >= 15 is 0 Å². The van der Waals surface area contributed by atoms with Crippen LogP contribution in [0.5, 0.6) is 0 Å². The fourth-order valence-electron chi connectivity index (χ4n) is 3.82. The van der Waals surface area contributed by atoms with Crippen LogP contribution in [0.3, 0.4) is 0 Å². The highest BCUT2D eigenvalue weighted by Crippen LogP contribution is 2.27. The fourth-order valence-corrected chi connectivity index (χ4v) is 3.82. The smallest absolute Gasteiger partial charge is 0.361 e. The minimum Gasteiger partial charge on any atom is -1.00 e. The van der Waals surface area contributed by atoms with Gasteiger partial charge in [0.25, 0.3) is 0 Å². The van der Waals surface area contributed by atoms with Crippen LogP contribution < -0.4 is 24.0 Å². The lowest BCUT2D eigenvalue weighted by atomic mass is 9.86. The first kappa shape index (κ1) is 19.2. The molecular weight excluding hydrogens is 377 g/mol. The zero-order valence-electron chi connectivity index (χ0n) is 13.6. The molecule has 2 rings (SSSR count). The first-order chi connectivity index (χ1) is 9.68. The maximum Gasteiger partial charge on any atom is 0.361 e. The first-order valence-corrected chi connectivity index (χ1v) is 8.67. The lowest BCUT2D eigenvalue weighted by Gasteiger charge is -2.36. The normalized spacial score (nSPS) is 22.3. The zero-order valence-corrected chi connectivity index (χ0v) is 15.8. The van der Waals surface area contributed by atoms with Gasteiger partial charge in [0.05, 0.1) is 26.7 Å². The second-order valence-electron chi connectivity index (χ2n) is 7.15. The van der Waals surface area contributed by atoms with Crippen LogP contribution in [-0.2, 0) is 9.53 Å². The van der Waals surface area contributed by atoms with Gasteiger partial charge in [-0.05, 0) is 38.0 Å². The number of ether oxygens (including phenoxy) is 1. The third kappa shape index (κ3) is 7.31. The van der Waals surface area contributed by atoms with Gasteiger partial charge in [-0.25, -0.2) is 4.79 Å². The molecule has 0 aromatic rings. The van der Waals surface area contributed by atoms with E-state index in [0.717, 1.165) is 29.9 Å². The molecule has 124 valence electrons. The molecule has 2 aliphatic rings. The van der Waals surface area contributed by atoms with E-state index in [1.54, 1.807) is 0 Å². The van der Waals surface area contributed by atoms with Crippen molar-refractivity contribution in [2.75, 3.05) is 33.3 Å². The Morgan fingerprint density at radius 1 is 1.05 bits per heavy atom. The van der Waals surface area contributed by atoms with Crippen LogP contribution in [-0.4, -0.2) is 43.7 Å². The van der Waals surface area contributed by atoms with Gasteiger partial charge in [-0.1, -0.05) is 32.1 Å². The third-order valence-corrected chi connectivity index (χ3v) is 5.15. The summed E-state index contributed by atoms with van der Waals surface area (Å²) >= 11 is 0. The summed E-state index contributed by atoms with van der Waals surface area (Å²) in [5, 5.41) is 0. The van der Waals surface area contributed by atoms with Crippen molar-refractivity contribution < 1.29 is 38.0 Å². The number of piperidine rings is 1. The number of hydrogen-bond donors (Lipinski definition) is 0. The fraction of sp³-hybridized carbons (Fsp3) is 0.941. The summed E-state index contributed by atoms with van der Waals surface area (Å²) in [5.41, 5.74) is 0. The van der Waals surface area contributed by atoms with E-state index < -0.39 is 0 Å². The highest BCUT2D eigenvalue weighted by atomic mass is 127. The Morgan fingerprint density at radius 2 is 1.67 bits per heavy atom. The molecule has 0 unspecified atom stereocenters. The Hall–Kier alpha value is 0.160. The van der Waals surface area contributed by atoms with Crippen LogP contribution in [0, 0.1) is 5.92 Å². The Balaban J connectivity index is 0.00000220. The van der Waals surface area contributed by atoms with Crippen molar-refractivity contribution in [2.45, 2.75) is 64.2 Å². The summed E-state index contributed by atoms with van der Waals surface area (Å²) in [6.07, 6.45) is 13.1. The third-order valence-electron chi connectivity index (χ3n) is 5.15. The average molecular weight is 409 g/mol. The van der Waals surface area contributed by atoms with Gasteiger partial charge in [0, 0.05) is 0 Å². The summed E-state index contributed by atoms with van der Waals surface area (Å²) in [5.74, 6) is 0.909. The predicted molar refractivity (Wildman–Crippen MR) is 81.4 cm³/mol. The van der Waals surface area contributed by atoms with Gasteiger partial charge in [-0.15, -0.1) is 0 Å². The number of likely N-dealkylation sites (tertiary alicyclic amines) is 1. The van der Waals surface area contributed by atoms with Gasteiger partial charge in [0.2, 0.25) is 0 Å². The molecule has 1 aliphatic carbocycles. The lowest BCUT2D eigenvalue weighted by Crippen LogP contribution is -3.00. The Labute approximate surface area is 147 Å². The molecule has 0 bridgehead atoms. The maximum atomic E-state index is 11.9. The van der Waals surface area contributed by atoms with Crippen molar-refractivity contribution in [1.82, 2.24) is 0 Å². The number of carbonyl (C=O) groups is 1. The standard InChI is InChI=1S/C17H32NO2.HI/c1-18(12-6-3-7-13-18)15-17(19)20-14-8-11-16-9-4-2-5-10-16;/h16H,2-15H2,1H3;1H/q+1;/p-1. The second-order valence-corrected chi connectivity index (χ2v) is 7.15. The second kappa shape index (κ2) is 10.0. The molecule has 2 fully saturated rings. The number of rotatable bonds is 6. The van der Waals surface area contributed by atoms with Crippen LogP contribution in [0.2, 0.25) is 0 Å². The van der Waals surface area contributed by atoms with E-state index in [-0.39, 0.29) is 29.9 Å². The minimum atomic E-state index is 0. The van der Waals surface area contributed by atoms with Crippen molar-refractivity contribution in [1.29, 1.82) is 0 Å². The minimum absolute atomic E-state index is 0. The van der Waals surface area contributed by atoms with Crippen molar-refractivity contribution >= 4 is 5.97 Å². The van der Waals surface area contributed by atoms with E-state index in [1.807, 2.05) is 0 Å². The molecule has 0 amide bonds. The van der Waals surface area contributed by atoms with Gasteiger partial charge in [-0.3, -0.25) is 0 Å². The average Bonchev–Trinajstić information content (AvgIpc) is 2.45. The lowest BCUT2D eigenvalue weighted by molar-refractivity contribution is -0.907. The Bertz CT molecular complexity index is 297. The molecule has 0 spiro atoms. The zero-order chi connectivity index (χ0) is 14.3. The van der Waals surface area contributed by atoms with Gasteiger partial charge in [0.15, 0.2) is 6.54 Å². The van der Waals surface area contributed by atoms with E-state index in [2.05, 4.69) is 7.05 Å². The first-order valence-electron chi connectivity index (χ1n) is 8.67. The van der Waals surface area contributed by atoms with Crippen LogP contribution in [0.15, 0.2) is 0 Å². The van der Waals surface area contributed by atoms with Crippen molar-refractivity contribution in [3.05, 3.63) is 0 Å². The molecule has 0 radical (unpaired) electrons. The van der Waals surface area contributed by atoms with Gasteiger partial charge >= 0.3 is 5.97 Å². The Morgan fingerprint density at radius 3 is 2.33 bits per heavy atom. The number of quaternary nitrogens is 1. The summed E-state index contributed by atoms with van der Waals surface area (Å²) < 4.78 is 6.34. The van der Waals surface area contributed by atoms with E-state index in [1.165, 1.54) is 57.8 Å². The van der Waals surface area contributed by atoms with Crippen LogP contribution in [0.4, 0.5) is 0 Å². The number of likely N-dealkylation sites (N-methyl/N-ethyl adjacent to an activating group) is 1. The topological polar surface area (TPSA) is 26.3 Å². The van der Waals surface area contributed by atoms with E-state index in [9.17, 15) is 4.79 Å². The van der Waals surface area contributed by atoms with Gasteiger partial charge in [0.1, 0.15) is 0 Å². The molecule has 1 saturated carbocycles. The summed E-state index contributed by atoms with van der Waals surface area (Å²) in [4.78, 5) is 11.9. The molecule has 21 heavy (non-hydrogen) atoms. The highest BCUT2D eigenvalue weighted by molar-refractivity contribution is 5.70. The molecule has 0 atom stereocenters. The molecule has 1 heterocycles. The maximum absolute atomic E-state index is 11.9. The number of halogens is 1. The van der Waals surface area contributed by atoms with Crippen molar-refractivity contribution in [2.24, 2.45) is 5.92 Å². The summed E-state index contributed by atoms with van der Waals surface area (Å²) in [6, 6.07) is 0. The number of carbonyl (C=O) groups excluding carboxylic acids is 1. The Kier molecular flexibility index (Phi) is 9.18. The predicted octanol–water partition coefficient (Wildman–Crippen LogP) is 0.525. The van der Waals surface area contributed by atoms with Crippen molar-refractivity contribution in [3.63, 3.8) is 0 Å². The highest BCUT2D eigenvalue weighted by Gasteiger charge is 2.28. The molecular formula is C17H32INO2. The quantitative estimate of drug-likeness (QED) is 0.277. The molecule has 1 aliphatic heterocycles. The monoisotopic (exact) mass is 409 g/mol. The number of esters is 1. The molecule has 0 aromatic carbocycles. The van der Waals surface area contributed by atoms with Crippen LogP contribution in [0.1, 0.15) is 64.2 Å². The van der Waals surface area contributed by atoms with Crippen LogP contribution >= 0.6 is 0 Å². The van der Waals surface area contributed by atoms with Crippen molar-refractivity contribution in [3.8, 4) is 0 Å².